The Morgan fingerprint density at radius 3 is 2.17 bits per heavy atom. The van der Waals surface area contributed by atoms with E-state index in [-0.39, 0.29) is 0 Å². The van der Waals surface area contributed by atoms with E-state index in [1.807, 2.05) is 0 Å². The van der Waals surface area contributed by atoms with Gasteiger partial charge in [-0.2, -0.15) is 4.89 Å². The van der Waals surface area contributed by atoms with Crippen LogP contribution in [0.15, 0.2) is 12.1 Å². The van der Waals surface area contributed by atoms with Crippen LogP contribution >= 0.6 is 8.03 Å². The van der Waals surface area contributed by atoms with E-state index in [1.165, 1.54) is 0 Å². The summed E-state index contributed by atoms with van der Waals surface area (Å²) >= 11 is 0. The van der Waals surface area contributed by atoms with Gasteiger partial charge in [0.15, 0.2) is 0 Å². The average Bonchev–Trinajstić information content (AvgIpc) is 1.35. The van der Waals surface area contributed by atoms with Gasteiger partial charge in [0.25, 0.3) is 0 Å². The third-order valence-corrected chi connectivity index (χ3v) is 0.583. The topological polar surface area (TPSA) is 57.5 Å². The lowest BCUT2D eigenvalue weighted by molar-refractivity contribution is 0.471. The summed E-state index contributed by atoms with van der Waals surface area (Å²) in [6.45, 7) is 0. The first-order valence-electron chi connectivity index (χ1n) is 1.23. The summed E-state index contributed by atoms with van der Waals surface area (Å²) < 4.78 is 9.50. The first kappa shape index (κ1) is 5.60. The first-order valence-corrected chi connectivity index (χ1v) is 2.51. The highest BCUT2D eigenvalue weighted by molar-refractivity contribution is 7.41. The smallest absolute Gasteiger partial charge is 0.511 e. The largest absolute Gasteiger partial charge is 0.541 e. The van der Waals surface area contributed by atoms with Crippen LogP contribution in [0.1, 0.15) is 0 Å². The standard InChI is InChI=1S/C2H3O3P/c3-1-2-6(4)5/h1-2H,(H-,3,4,5)/p+1. The highest BCUT2D eigenvalue weighted by atomic mass is 31.1. The van der Waals surface area contributed by atoms with Crippen molar-refractivity contribution >= 4 is 8.03 Å². The van der Waals surface area contributed by atoms with Gasteiger partial charge < -0.3 is 5.11 Å². The van der Waals surface area contributed by atoms with Gasteiger partial charge in [0, 0.05) is 0 Å². The lowest BCUT2D eigenvalue weighted by atomic mass is 11.2. The van der Waals surface area contributed by atoms with Gasteiger partial charge in [-0.15, -0.1) is 0 Å². The minimum atomic E-state index is -2.28. The molecule has 0 aromatic rings. The highest BCUT2D eigenvalue weighted by Crippen LogP contribution is 2.11. The quantitative estimate of drug-likeness (QED) is 0.384. The molecule has 2 N–H and O–H groups in total. The van der Waals surface area contributed by atoms with E-state index in [1.54, 1.807) is 0 Å². The van der Waals surface area contributed by atoms with Crippen molar-refractivity contribution in [3.63, 3.8) is 0 Å². The molecule has 0 aliphatic heterocycles. The fraction of sp³-hybridized carbons (Fsp3) is 0. The van der Waals surface area contributed by atoms with E-state index in [0.29, 0.717) is 6.26 Å². The molecular weight excluding hydrogens is 103 g/mol. The van der Waals surface area contributed by atoms with E-state index in [9.17, 15) is 4.57 Å². The molecule has 0 aromatic carbocycles. The summed E-state index contributed by atoms with van der Waals surface area (Å²) in [5.41, 5.74) is 0. The van der Waals surface area contributed by atoms with Gasteiger partial charge in [-0.3, -0.25) is 0 Å². The lowest BCUT2D eigenvalue weighted by Gasteiger charge is -1.52. The minimum Gasteiger partial charge on any atom is -0.511 e. The zero-order valence-corrected chi connectivity index (χ0v) is 3.80. The first-order chi connectivity index (χ1) is 2.77. The Bertz CT molecular complexity index is 76.9. The van der Waals surface area contributed by atoms with Crippen molar-refractivity contribution in [1.82, 2.24) is 0 Å². The predicted octanol–water partition coefficient (Wildman–Crippen LogP) is 0.750. The summed E-state index contributed by atoms with van der Waals surface area (Å²) in [5, 5.41) is 7.71. The second kappa shape index (κ2) is 2.82. The molecule has 0 aromatic heterocycles. The fourth-order valence-corrected chi connectivity index (χ4v) is 0.171. The second-order valence-corrected chi connectivity index (χ2v) is 1.50. The molecule has 0 rings (SSSR count). The molecule has 0 saturated carbocycles. The predicted molar refractivity (Wildman–Crippen MR) is 21.6 cm³/mol. The van der Waals surface area contributed by atoms with Crippen LogP contribution in [-0.2, 0) is 4.57 Å². The van der Waals surface area contributed by atoms with Crippen molar-refractivity contribution in [2.75, 3.05) is 0 Å². The second-order valence-electron chi connectivity index (χ2n) is 0.601. The Hall–Kier alpha value is -0.400. The van der Waals surface area contributed by atoms with Crippen molar-refractivity contribution in [3.8, 4) is 0 Å². The lowest BCUT2D eigenvalue weighted by Crippen LogP contribution is -1.45. The Balaban J connectivity index is 3.30. The highest BCUT2D eigenvalue weighted by Gasteiger charge is 1.97. The third-order valence-electron chi connectivity index (χ3n) is 0.194. The van der Waals surface area contributed by atoms with Gasteiger partial charge in [-0.25, -0.2) is 0 Å². The van der Waals surface area contributed by atoms with Crippen LogP contribution in [0.25, 0.3) is 0 Å². The molecule has 0 bridgehead atoms. The Kier molecular flexibility index (Phi) is 2.63. The number of hydrogen-bond donors (Lipinski definition) is 2. The number of hydrogen-bond acceptors (Lipinski definition) is 2. The normalized spacial score (nSPS) is 12.5. The molecule has 34 valence electrons. The van der Waals surface area contributed by atoms with Crippen molar-refractivity contribution in [3.05, 3.63) is 12.1 Å². The van der Waals surface area contributed by atoms with Gasteiger partial charge in [0.05, 0.1) is 0 Å². The molecule has 1 atom stereocenters. The van der Waals surface area contributed by atoms with Crippen LogP contribution in [-0.4, -0.2) is 10.00 Å². The number of rotatable bonds is 1. The fourth-order valence-electron chi connectivity index (χ4n) is 0.0570. The third kappa shape index (κ3) is 3.60. The van der Waals surface area contributed by atoms with Crippen LogP contribution in [0.5, 0.6) is 0 Å². The number of aliphatic hydroxyl groups excluding tert-OH is 1. The van der Waals surface area contributed by atoms with E-state index >= 15 is 0 Å². The molecule has 0 heterocycles. The summed E-state index contributed by atoms with van der Waals surface area (Å²) in [6, 6.07) is 0. The van der Waals surface area contributed by atoms with Crippen molar-refractivity contribution in [1.29, 1.82) is 0 Å². The zero-order chi connectivity index (χ0) is 4.99. The molecule has 0 fully saturated rings. The van der Waals surface area contributed by atoms with Gasteiger partial charge in [0.2, 0.25) is 5.82 Å². The molecule has 4 heteroatoms. The molecule has 0 spiro atoms. The Morgan fingerprint density at radius 1 is 1.67 bits per heavy atom. The Morgan fingerprint density at radius 2 is 2.17 bits per heavy atom. The van der Waals surface area contributed by atoms with Crippen molar-refractivity contribution in [2.24, 2.45) is 0 Å². The zero-order valence-electron chi connectivity index (χ0n) is 2.90. The maximum atomic E-state index is 9.50. The molecule has 0 aliphatic rings. The van der Waals surface area contributed by atoms with Crippen LogP contribution < -0.4 is 0 Å². The average molecular weight is 107 g/mol. The van der Waals surface area contributed by atoms with E-state index < -0.39 is 8.03 Å². The van der Waals surface area contributed by atoms with Gasteiger partial charge in [0.1, 0.15) is 6.26 Å². The molecule has 0 aliphatic carbocycles. The molecule has 0 amide bonds. The van der Waals surface area contributed by atoms with Crippen molar-refractivity contribution in [2.45, 2.75) is 0 Å². The van der Waals surface area contributed by atoms with Gasteiger partial charge >= 0.3 is 8.03 Å². The summed E-state index contributed by atoms with van der Waals surface area (Å²) in [6.07, 6.45) is 0.540. The SMILES string of the molecule is O=[P+](O)/C=C/O. The van der Waals surface area contributed by atoms with Gasteiger partial charge in [-0.1, -0.05) is 0 Å². The van der Waals surface area contributed by atoms with Crippen molar-refractivity contribution < 1.29 is 14.6 Å². The van der Waals surface area contributed by atoms with E-state index in [2.05, 4.69) is 0 Å². The molecule has 0 saturated heterocycles. The van der Waals surface area contributed by atoms with Crippen LogP contribution in [0, 0.1) is 0 Å². The summed E-state index contributed by atoms with van der Waals surface area (Å²) in [7, 11) is -2.28. The van der Waals surface area contributed by atoms with Crippen LogP contribution in [0.2, 0.25) is 0 Å². The maximum Gasteiger partial charge on any atom is 0.541 e. The monoisotopic (exact) mass is 107 g/mol. The van der Waals surface area contributed by atoms with Gasteiger partial charge in [-0.05, 0) is 4.57 Å². The van der Waals surface area contributed by atoms with Crippen LogP contribution in [0.4, 0.5) is 0 Å². The summed E-state index contributed by atoms with van der Waals surface area (Å²) in [4.78, 5) is 7.81. The molecule has 1 unspecified atom stereocenters. The molecule has 0 radical (unpaired) electrons. The number of aliphatic hydroxyl groups is 1. The molecule has 3 nitrogen and oxygen atoms in total. The minimum absolute atomic E-state index is 0.540. The molecular formula is C2H4O3P+. The maximum absolute atomic E-state index is 9.50. The Labute approximate surface area is 35.8 Å². The van der Waals surface area contributed by atoms with E-state index in [4.69, 9.17) is 10.00 Å². The molecule has 6 heavy (non-hydrogen) atoms. The van der Waals surface area contributed by atoms with E-state index in [0.717, 1.165) is 5.82 Å². The summed E-state index contributed by atoms with van der Waals surface area (Å²) in [5.74, 6) is 0.787. The van der Waals surface area contributed by atoms with Crippen LogP contribution in [0.3, 0.4) is 0 Å².